The minimum atomic E-state index is -4.32. The number of sulfonamides is 1. The predicted molar refractivity (Wildman–Crippen MR) is 174 cm³/mol. The Balaban J connectivity index is 2.18. The summed E-state index contributed by atoms with van der Waals surface area (Å²) < 4.78 is 40.3. The molecule has 0 fully saturated rings. The van der Waals surface area contributed by atoms with Gasteiger partial charge in [-0.05, 0) is 76.1 Å². The number of hydrogen-bond donors (Lipinski definition) is 1. The number of carbonyl (C=O) groups excluding carboxylic acids is 2. The van der Waals surface area contributed by atoms with Gasteiger partial charge in [0.15, 0.2) is 0 Å². The van der Waals surface area contributed by atoms with Gasteiger partial charge < -0.3 is 19.7 Å². The van der Waals surface area contributed by atoms with Gasteiger partial charge in [0, 0.05) is 28.2 Å². The normalized spacial score (nSPS) is 12.3. The van der Waals surface area contributed by atoms with Crippen LogP contribution in [0.25, 0.3) is 0 Å². The van der Waals surface area contributed by atoms with Gasteiger partial charge in [0.1, 0.15) is 24.1 Å². The molecule has 0 bridgehead atoms. The predicted octanol–water partition coefficient (Wildman–Crippen LogP) is 6.24. The molecule has 3 aromatic rings. The van der Waals surface area contributed by atoms with Crippen LogP contribution in [0.15, 0.2) is 65.6 Å². The fourth-order valence-corrected chi connectivity index (χ4v) is 6.43. The Morgan fingerprint density at radius 2 is 1.61 bits per heavy atom. The van der Waals surface area contributed by atoms with Crippen LogP contribution in [0.3, 0.4) is 0 Å². The molecule has 0 saturated carbocycles. The number of halogens is 2. The number of carbonyl (C=O) groups is 2. The first-order valence-electron chi connectivity index (χ1n) is 14.0. The molecule has 238 valence electrons. The number of nitrogens with one attached hydrogen (secondary N) is 1. The molecule has 0 aromatic heterocycles. The summed E-state index contributed by atoms with van der Waals surface area (Å²) in [5, 5.41) is 3.66. The minimum absolute atomic E-state index is 0.0226. The lowest BCUT2D eigenvalue weighted by Gasteiger charge is -2.35. The van der Waals surface area contributed by atoms with Crippen molar-refractivity contribution in [2.45, 2.75) is 64.1 Å². The van der Waals surface area contributed by atoms with Crippen molar-refractivity contribution in [3.05, 3.63) is 81.8 Å². The van der Waals surface area contributed by atoms with Crippen molar-refractivity contribution in [1.29, 1.82) is 0 Å². The number of hydrogen-bond acceptors (Lipinski definition) is 6. The van der Waals surface area contributed by atoms with E-state index in [4.69, 9.17) is 32.7 Å². The lowest BCUT2D eigenvalue weighted by atomic mass is 10.1. The van der Waals surface area contributed by atoms with Crippen LogP contribution in [0.4, 0.5) is 5.69 Å². The molecule has 3 rings (SSSR count). The second-order valence-electron chi connectivity index (χ2n) is 11.3. The molecule has 0 saturated heterocycles. The topological polar surface area (TPSA) is 105 Å². The van der Waals surface area contributed by atoms with Crippen molar-refractivity contribution in [2.75, 3.05) is 25.1 Å². The molecule has 1 N–H and O–H groups in total. The Bertz CT molecular complexity index is 1590. The van der Waals surface area contributed by atoms with E-state index < -0.39 is 34.1 Å². The fourth-order valence-electron chi connectivity index (χ4n) is 4.55. The van der Waals surface area contributed by atoms with Crippen LogP contribution >= 0.6 is 23.2 Å². The summed E-state index contributed by atoms with van der Waals surface area (Å²) in [4.78, 5) is 29.2. The lowest BCUT2D eigenvalue weighted by Crippen LogP contribution is -2.55. The first kappa shape index (κ1) is 35.0. The Kier molecular flexibility index (Phi) is 11.6. The number of methoxy groups -OCH3 is 2. The third-order valence-electron chi connectivity index (χ3n) is 6.78. The summed E-state index contributed by atoms with van der Waals surface area (Å²) in [5.74, 6) is -0.449. The molecular weight excluding hydrogens is 625 g/mol. The quantitative estimate of drug-likeness (QED) is 0.246. The zero-order valence-electron chi connectivity index (χ0n) is 26.0. The molecular formula is C32H39Cl2N3O6S. The van der Waals surface area contributed by atoms with E-state index in [1.54, 1.807) is 49.4 Å². The highest BCUT2D eigenvalue weighted by molar-refractivity contribution is 7.92. The highest BCUT2D eigenvalue weighted by Crippen LogP contribution is 2.36. The summed E-state index contributed by atoms with van der Waals surface area (Å²) in [7, 11) is -1.46. The number of rotatable bonds is 12. The van der Waals surface area contributed by atoms with Crippen LogP contribution in [0.1, 0.15) is 45.2 Å². The summed E-state index contributed by atoms with van der Waals surface area (Å²) in [6, 6.07) is 14.9. The maximum absolute atomic E-state index is 14.4. The number of ether oxygens (including phenoxy) is 2. The molecule has 0 spiro atoms. The third-order valence-corrected chi connectivity index (χ3v) is 9.14. The van der Waals surface area contributed by atoms with E-state index in [1.165, 1.54) is 37.3 Å². The van der Waals surface area contributed by atoms with Gasteiger partial charge in [-0.2, -0.15) is 0 Å². The molecule has 0 radical (unpaired) electrons. The fraction of sp³-hybridized carbons (Fsp3) is 0.375. The zero-order valence-corrected chi connectivity index (χ0v) is 28.3. The monoisotopic (exact) mass is 663 g/mol. The Labute approximate surface area is 270 Å². The summed E-state index contributed by atoms with van der Waals surface area (Å²) >= 11 is 12.6. The highest BCUT2D eigenvalue weighted by atomic mass is 35.5. The molecule has 44 heavy (non-hydrogen) atoms. The van der Waals surface area contributed by atoms with Crippen molar-refractivity contribution in [1.82, 2.24) is 10.2 Å². The second-order valence-corrected chi connectivity index (χ2v) is 14.0. The van der Waals surface area contributed by atoms with Gasteiger partial charge in [-0.25, -0.2) is 8.42 Å². The Morgan fingerprint density at radius 1 is 0.955 bits per heavy atom. The smallest absolute Gasteiger partial charge is 0.264 e. The van der Waals surface area contributed by atoms with E-state index in [1.807, 2.05) is 27.7 Å². The van der Waals surface area contributed by atoms with E-state index >= 15 is 0 Å². The van der Waals surface area contributed by atoms with Gasteiger partial charge in [-0.1, -0.05) is 53.9 Å². The number of nitrogens with zero attached hydrogens (tertiary/aromatic N) is 2. The van der Waals surface area contributed by atoms with E-state index in [2.05, 4.69) is 5.32 Å². The van der Waals surface area contributed by atoms with Crippen LogP contribution in [0, 0.1) is 6.92 Å². The molecule has 12 heteroatoms. The number of amides is 2. The van der Waals surface area contributed by atoms with Gasteiger partial charge in [-0.3, -0.25) is 13.9 Å². The molecule has 0 aliphatic carbocycles. The summed E-state index contributed by atoms with van der Waals surface area (Å²) in [5.41, 5.74) is 0.925. The molecule has 0 aliphatic rings. The number of benzene rings is 3. The van der Waals surface area contributed by atoms with Crippen molar-refractivity contribution >= 4 is 50.7 Å². The Hall–Kier alpha value is -3.47. The average molecular weight is 665 g/mol. The summed E-state index contributed by atoms with van der Waals surface area (Å²) in [6.45, 7) is 8.42. The minimum Gasteiger partial charge on any atom is -0.497 e. The number of anilines is 1. The zero-order chi connectivity index (χ0) is 32.8. The van der Waals surface area contributed by atoms with Crippen molar-refractivity contribution in [3.8, 4) is 11.5 Å². The van der Waals surface area contributed by atoms with Crippen LogP contribution in [0.2, 0.25) is 10.0 Å². The molecule has 0 heterocycles. The number of aryl methyl sites for hydroxylation is 1. The molecule has 0 aliphatic heterocycles. The van der Waals surface area contributed by atoms with E-state index in [-0.39, 0.29) is 35.2 Å². The largest absolute Gasteiger partial charge is 0.497 e. The molecule has 0 unspecified atom stereocenters. The molecule has 3 aromatic carbocycles. The first-order chi connectivity index (χ1) is 20.6. The van der Waals surface area contributed by atoms with Crippen molar-refractivity contribution in [2.24, 2.45) is 0 Å². The van der Waals surface area contributed by atoms with Crippen LogP contribution < -0.4 is 19.1 Å². The van der Waals surface area contributed by atoms with Gasteiger partial charge >= 0.3 is 0 Å². The maximum atomic E-state index is 14.4. The van der Waals surface area contributed by atoms with E-state index in [0.29, 0.717) is 21.4 Å². The lowest BCUT2D eigenvalue weighted by molar-refractivity contribution is -0.141. The summed E-state index contributed by atoms with van der Waals surface area (Å²) in [6.07, 6.45) is 0.256. The van der Waals surface area contributed by atoms with Crippen LogP contribution in [-0.2, 0) is 26.2 Å². The first-order valence-corrected chi connectivity index (χ1v) is 16.2. The third kappa shape index (κ3) is 8.58. The van der Waals surface area contributed by atoms with Gasteiger partial charge in [0.05, 0.1) is 24.8 Å². The van der Waals surface area contributed by atoms with Crippen LogP contribution in [0.5, 0.6) is 11.5 Å². The van der Waals surface area contributed by atoms with Crippen molar-refractivity contribution in [3.63, 3.8) is 0 Å². The van der Waals surface area contributed by atoms with Crippen molar-refractivity contribution < 1.29 is 27.5 Å². The van der Waals surface area contributed by atoms with Gasteiger partial charge in [-0.15, -0.1) is 0 Å². The van der Waals surface area contributed by atoms with Crippen LogP contribution in [-0.4, -0.2) is 57.5 Å². The van der Waals surface area contributed by atoms with E-state index in [9.17, 15) is 18.0 Å². The molecule has 1 atom stereocenters. The standard InChI is InChI=1S/C32H39Cl2N3O6S/c1-8-27(31(39)35-32(3,4)5)36(19-22-11-12-23(33)17-26(22)34)30(38)20-37(28-18-24(42-6)13-16-29(28)43-7)44(40,41)25-14-9-21(2)10-15-25/h9-18,27H,8,19-20H2,1-7H3,(H,35,39)/t27-/m1/s1. The Morgan fingerprint density at radius 3 is 2.16 bits per heavy atom. The molecule has 9 nitrogen and oxygen atoms in total. The van der Waals surface area contributed by atoms with Gasteiger partial charge in [0.2, 0.25) is 11.8 Å². The van der Waals surface area contributed by atoms with E-state index in [0.717, 1.165) is 9.87 Å². The van der Waals surface area contributed by atoms with Gasteiger partial charge in [0.25, 0.3) is 10.0 Å². The SMILES string of the molecule is CC[C@H](C(=O)NC(C)(C)C)N(Cc1ccc(Cl)cc1Cl)C(=O)CN(c1cc(OC)ccc1OC)S(=O)(=O)c1ccc(C)cc1. The highest BCUT2D eigenvalue weighted by Gasteiger charge is 2.36. The maximum Gasteiger partial charge on any atom is 0.264 e. The molecule has 2 amide bonds. The average Bonchev–Trinajstić information content (AvgIpc) is 2.95. The second kappa shape index (κ2) is 14.5.